The van der Waals surface area contributed by atoms with Gasteiger partial charge in [0.05, 0.1) is 12.6 Å². The van der Waals surface area contributed by atoms with Crippen molar-refractivity contribution in [2.24, 2.45) is 5.73 Å². The van der Waals surface area contributed by atoms with E-state index in [-0.39, 0.29) is 12.1 Å². The summed E-state index contributed by atoms with van der Waals surface area (Å²) < 4.78 is 5.67. The summed E-state index contributed by atoms with van der Waals surface area (Å²) in [4.78, 5) is 2.23. The summed E-state index contributed by atoms with van der Waals surface area (Å²) in [6, 6.07) is 12.1. The van der Waals surface area contributed by atoms with E-state index in [1.54, 1.807) is 0 Å². The maximum Gasteiger partial charge on any atom is 0.118 e. The second-order valence-corrected chi connectivity index (χ2v) is 5.93. The average Bonchev–Trinajstić information content (AvgIpc) is 2.86. The van der Waals surface area contributed by atoms with Crippen LogP contribution in [0.5, 0.6) is 0 Å². The van der Waals surface area contributed by atoms with E-state index in [0.29, 0.717) is 0 Å². The van der Waals surface area contributed by atoms with Crippen LogP contribution in [-0.4, -0.2) is 18.0 Å². The van der Waals surface area contributed by atoms with Crippen LogP contribution in [0, 0.1) is 6.92 Å². The molecule has 4 heteroatoms. The Kier molecular flexibility index (Phi) is 5.45. The van der Waals surface area contributed by atoms with Crippen molar-refractivity contribution in [3.8, 4) is 0 Å². The van der Waals surface area contributed by atoms with E-state index < -0.39 is 0 Å². The molecule has 0 aliphatic heterocycles. The third kappa shape index (κ3) is 4.10. The Bertz CT molecular complexity index is 564. The number of likely N-dealkylation sites (N-methyl/N-ethyl adjacent to an activating group) is 1. The van der Waals surface area contributed by atoms with Crippen LogP contribution in [0.25, 0.3) is 0 Å². The Morgan fingerprint density at radius 3 is 2.38 bits per heavy atom. The van der Waals surface area contributed by atoms with Gasteiger partial charge in [-0.15, -0.1) is 0 Å². The Balaban J connectivity index is 2.20. The Hall–Kier alpha value is -1.29. The topological polar surface area (TPSA) is 42.4 Å². The minimum absolute atomic E-state index is 0.0623. The first-order valence-corrected chi connectivity index (χ1v) is 7.65. The number of hydrogen-bond acceptors (Lipinski definition) is 3. The van der Waals surface area contributed by atoms with Gasteiger partial charge in [0.15, 0.2) is 0 Å². The summed E-state index contributed by atoms with van der Waals surface area (Å²) in [6.45, 7) is 4.80. The van der Waals surface area contributed by atoms with Crippen molar-refractivity contribution in [2.75, 3.05) is 7.05 Å². The lowest BCUT2D eigenvalue weighted by molar-refractivity contribution is 0.187. The molecule has 0 aliphatic rings. The maximum atomic E-state index is 6.34. The van der Waals surface area contributed by atoms with Crippen molar-refractivity contribution in [1.29, 1.82) is 0 Å². The van der Waals surface area contributed by atoms with Gasteiger partial charge in [-0.05, 0) is 50.2 Å². The fraction of sp³-hybridized carbons (Fsp3) is 0.412. The standard InChI is InChI=1S/C17H23ClN2O/c1-4-16(19)17(13-6-8-14(18)9-7-13)20(3)11-15-10-5-12(2)21-15/h5-10,16-17H,4,11,19H2,1-3H3. The summed E-state index contributed by atoms with van der Waals surface area (Å²) in [5.41, 5.74) is 7.52. The smallest absolute Gasteiger partial charge is 0.118 e. The monoisotopic (exact) mass is 306 g/mol. The third-order valence-electron chi connectivity index (χ3n) is 3.76. The van der Waals surface area contributed by atoms with Crippen LogP contribution in [0.3, 0.4) is 0 Å². The quantitative estimate of drug-likeness (QED) is 0.871. The van der Waals surface area contributed by atoms with Crippen molar-refractivity contribution in [3.05, 3.63) is 58.5 Å². The molecule has 1 aromatic carbocycles. The average molecular weight is 307 g/mol. The molecule has 1 heterocycles. The van der Waals surface area contributed by atoms with Crippen molar-refractivity contribution < 1.29 is 4.42 Å². The molecule has 114 valence electrons. The molecule has 2 aromatic rings. The zero-order valence-corrected chi connectivity index (χ0v) is 13.6. The van der Waals surface area contributed by atoms with Gasteiger partial charge in [-0.1, -0.05) is 30.7 Å². The van der Waals surface area contributed by atoms with E-state index in [4.69, 9.17) is 21.8 Å². The van der Waals surface area contributed by atoms with Crippen molar-refractivity contribution >= 4 is 11.6 Å². The summed E-state index contributed by atoms with van der Waals surface area (Å²) in [7, 11) is 2.08. The van der Waals surface area contributed by atoms with Crippen molar-refractivity contribution in [1.82, 2.24) is 4.90 Å². The molecule has 1 aromatic heterocycles. The molecule has 0 radical (unpaired) electrons. The molecule has 2 N–H and O–H groups in total. The molecule has 0 aliphatic carbocycles. The van der Waals surface area contributed by atoms with Gasteiger partial charge in [-0.2, -0.15) is 0 Å². The molecule has 2 atom stereocenters. The zero-order valence-electron chi connectivity index (χ0n) is 12.8. The van der Waals surface area contributed by atoms with E-state index in [0.717, 1.165) is 29.5 Å². The van der Waals surface area contributed by atoms with Crippen LogP contribution in [0.4, 0.5) is 0 Å². The predicted molar refractivity (Wildman–Crippen MR) is 87.4 cm³/mol. The van der Waals surface area contributed by atoms with Gasteiger partial charge in [0.1, 0.15) is 11.5 Å². The number of halogens is 1. The number of hydrogen-bond donors (Lipinski definition) is 1. The van der Waals surface area contributed by atoms with Gasteiger partial charge in [0, 0.05) is 11.1 Å². The lowest BCUT2D eigenvalue weighted by atomic mass is 9.96. The normalized spacial score (nSPS) is 14.4. The van der Waals surface area contributed by atoms with Crippen LogP contribution in [0.1, 0.15) is 36.5 Å². The van der Waals surface area contributed by atoms with E-state index >= 15 is 0 Å². The molecule has 0 saturated carbocycles. The van der Waals surface area contributed by atoms with Crippen molar-refractivity contribution in [2.45, 2.75) is 38.9 Å². The predicted octanol–water partition coefficient (Wildman–Crippen LogP) is 4.15. The van der Waals surface area contributed by atoms with E-state index in [1.807, 2.05) is 43.3 Å². The van der Waals surface area contributed by atoms with Crippen LogP contribution in [0.2, 0.25) is 5.02 Å². The number of nitrogens with zero attached hydrogens (tertiary/aromatic N) is 1. The molecule has 0 saturated heterocycles. The van der Waals surface area contributed by atoms with Crippen LogP contribution in [0.15, 0.2) is 40.8 Å². The van der Waals surface area contributed by atoms with E-state index in [9.17, 15) is 0 Å². The summed E-state index contributed by atoms with van der Waals surface area (Å²) in [5.74, 6) is 1.89. The lowest BCUT2D eigenvalue weighted by Crippen LogP contribution is -2.38. The third-order valence-corrected chi connectivity index (χ3v) is 4.02. The first-order chi connectivity index (χ1) is 10.0. The highest BCUT2D eigenvalue weighted by Crippen LogP contribution is 2.27. The number of nitrogens with two attached hydrogens (primary N) is 1. The molecular weight excluding hydrogens is 284 g/mol. The number of rotatable bonds is 6. The number of benzene rings is 1. The minimum atomic E-state index is 0.0623. The van der Waals surface area contributed by atoms with Crippen LogP contribution >= 0.6 is 11.6 Å². The number of aryl methyl sites for hydroxylation is 1. The first-order valence-electron chi connectivity index (χ1n) is 7.28. The molecule has 0 bridgehead atoms. The Morgan fingerprint density at radius 1 is 1.19 bits per heavy atom. The second-order valence-electron chi connectivity index (χ2n) is 5.50. The molecule has 0 amide bonds. The van der Waals surface area contributed by atoms with Gasteiger partial charge in [0.2, 0.25) is 0 Å². The molecule has 3 nitrogen and oxygen atoms in total. The van der Waals surface area contributed by atoms with Gasteiger partial charge in [-0.25, -0.2) is 0 Å². The van der Waals surface area contributed by atoms with E-state index in [2.05, 4.69) is 18.9 Å². The number of furan rings is 1. The second kappa shape index (κ2) is 7.12. The molecule has 2 rings (SSSR count). The summed E-state index contributed by atoms with van der Waals surface area (Å²) >= 11 is 5.98. The highest BCUT2D eigenvalue weighted by atomic mass is 35.5. The Morgan fingerprint density at radius 2 is 1.86 bits per heavy atom. The molecular formula is C17H23ClN2O. The maximum absolute atomic E-state index is 6.34. The Labute approximate surface area is 131 Å². The first kappa shape index (κ1) is 16.1. The molecule has 0 spiro atoms. The van der Waals surface area contributed by atoms with Gasteiger partial charge in [-0.3, -0.25) is 4.90 Å². The van der Waals surface area contributed by atoms with Crippen LogP contribution < -0.4 is 5.73 Å². The largest absolute Gasteiger partial charge is 0.465 e. The van der Waals surface area contributed by atoms with E-state index in [1.165, 1.54) is 5.56 Å². The summed E-state index contributed by atoms with van der Waals surface area (Å²) in [6.07, 6.45) is 0.912. The molecule has 21 heavy (non-hydrogen) atoms. The lowest BCUT2D eigenvalue weighted by Gasteiger charge is -2.32. The van der Waals surface area contributed by atoms with Crippen LogP contribution in [-0.2, 0) is 6.54 Å². The van der Waals surface area contributed by atoms with Gasteiger partial charge >= 0.3 is 0 Å². The van der Waals surface area contributed by atoms with Gasteiger partial charge in [0.25, 0.3) is 0 Å². The fourth-order valence-electron chi connectivity index (χ4n) is 2.63. The van der Waals surface area contributed by atoms with Crippen molar-refractivity contribution in [3.63, 3.8) is 0 Å². The SMILES string of the molecule is CCC(N)C(c1ccc(Cl)cc1)N(C)Cc1ccc(C)o1. The summed E-state index contributed by atoms with van der Waals surface area (Å²) in [5, 5.41) is 0.742. The fourth-order valence-corrected chi connectivity index (χ4v) is 2.75. The highest BCUT2D eigenvalue weighted by Gasteiger charge is 2.23. The highest BCUT2D eigenvalue weighted by molar-refractivity contribution is 6.30. The minimum Gasteiger partial charge on any atom is -0.465 e. The molecule has 2 unspecified atom stereocenters. The van der Waals surface area contributed by atoms with Gasteiger partial charge < -0.3 is 10.2 Å². The zero-order chi connectivity index (χ0) is 15.4. The molecule has 0 fully saturated rings.